The van der Waals surface area contributed by atoms with Crippen LogP contribution in [0.4, 0.5) is 4.39 Å². The van der Waals surface area contributed by atoms with Gasteiger partial charge in [0.1, 0.15) is 17.0 Å². The number of halogens is 2. The van der Waals surface area contributed by atoms with Gasteiger partial charge in [0.25, 0.3) is 5.91 Å². The van der Waals surface area contributed by atoms with Crippen LogP contribution < -0.4 is 5.32 Å². The summed E-state index contributed by atoms with van der Waals surface area (Å²) in [5.74, 6) is -1.05. The fourth-order valence-electron chi connectivity index (χ4n) is 7.48. The predicted octanol–water partition coefficient (Wildman–Crippen LogP) is 9.92. The minimum absolute atomic E-state index is 0.00496. The Kier molecular flexibility index (Phi) is 8.01. The highest BCUT2D eigenvalue weighted by molar-refractivity contribution is 6.30. The number of nitrogens with one attached hydrogen (secondary N) is 1. The molecule has 0 saturated heterocycles. The fourth-order valence-corrected chi connectivity index (χ4v) is 7.60. The quantitative estimate of drug-likeness (QED) is 0.152. The Morgan fingerprint density at radius 2 is 1.30 bits per heavy atom. The first-order valence-electron chi connectivity index (χ1n) is 17.5. The molecule has 0 atom stereocenters. The van der Waals surface area contributed by atoms with E-state index in [9.17, 15) is 4.79 Å². The molecule has 0 unspecified atom stereocenters. The number of pyridine rings is 1. The van der Waals surface area contributed by atoms with Gasteiger partial charge in [-0.15, -0.1) is 0 Å². The molecular formula is C45H33ClFN5O. The van der Waals surface area contributed by atoms with Gasteiger partial charge in [0.2, 0.25) is 0 Å². The van der Waals surface area contributed by atoms with E-state index in [-0.39, 0.29) is 5.56 Å². The van der Waals surface area contributed by atoms with Gasteiger partial charge < -0.3 is 5.32 Å². The molecule has 8 aromatic rings. The van der Waals surface area contributed by atoms with Crippen LogP contribution in [0.3, 0.4) is 0 Å². The first-order valence-corrected chi connectivity index (χ1v) is 17.9. The molecule has 0 spiro atoms. The molecule has 1 aliphatic carbocycles. The van der Waals surface area contributed by atoms with E-state index >= 15 is 4.39 Å². The Hall–Kier alpha value is -6.31. The number of carbonyl (C=O) groups excluding carboxylic acids is 1. The summed E-state index contributed by atoms with van der Waals surface area (Å²) >= 11 is 6.07. The standard InChI is InChI=1S/C45H33ClFN5O/c46-38-20-18-34(19-21-38)44(24-25-44)50-43(53)39-22-16-31(26-40(39)47)41-28-48-42-23-17-32(29-51(41)42)33-27-49-52(30-33)45(35-10-4-1-5-11-35,36-12-6-2-7-13-36)37-14-8-3-9-15-37/h1-23,26-30H,24-25H2,(H,50,53). The molecule has 0 aliphatic heterocycles. The Morgan fingerprint density at radius 3 is 1.89 bits per heavy atom. The van der Waals surface area contributed by atoms with Gasteiger partial charge in [0.05, 0.1) is 29.2 Å². The maximum Gasteiger partial charge on any atom is 0.254 e. The first-order chi connectivity index (χ1) is 25.9. The summed E-state index contributed by atoms with van der Waals surface area (Å²) in [5, 5.41) is 8.73. The Balaban J connectivity index is 1.06. The zero-order chi connectivity index (χ0) is 36.0. The monoisotopic (exact) mass is 713 g/mol. The highest BCUT2D eigenvalue weighted by Gasteiger charge is 2.46. The summed E-state index contributed by atoms with van der Waals surface area (Å²) in [6.45, 7) is 0. The maximum absolute atomic E-state index is 15.7. The van der Waals surface area contributed by atoms with Crippen molar-refractivity contribution < 1.29 is 9.18 Å². The van der Waals surface area contributed by atoms with Crippen molar-refractivity contribution in [2.75, 3.05) is 0 Å². The number of imidazole rings is 1. The van der Waals surface area contributed by atoms with Gasteiger partial charge in [-0.3, -0.25) is 13.9 Å². The highest BCUT2D eigenvalue weighted by atomic mass is 35.5. The molecule has 3 aromatic heterocycles. The van der Waals surface area contributed by atoms with Crippen LogP contribution in [0.25, 0.3) is 28.0 Å². The molecular weight excluding hydrogens is 681 g/mol. The van der Waals surface area contributed by atoms with Crippen LogP contribution >= 0.6 is 11.6 Å². The predicted molar refractivity (Wildman–Crippen MR) is 206 cm³/mol. The molecule has 1 aliphatic rings. The summed E-state index contributed by atoms with van der Waals surface area (Å²) < 4.78 is 19.7. The van der Waals surface area contributed by atoms with Crippen molar-refractivity contribution in [2.24, 2.45) is 0 Å². The first kappa shape index (κ1) is 32.6. The summed E-state index contributed by atoms with van der Waals surface area (Å²) in [6.07, 6.45) is 9.25. The van der Waals surface area contributed by atoms with Crippen LogP contribution in [0.1, 0.15) is 45.5 Å². The molecule has 6 nitrogen and oxygen atoms in total. The number of hydrogen-bond acceptors (Lipinski definition) is 3. The summed E-state index contributed by atoms with van der Waals surface area (Å²) in [5.41, 5.74) is 6.80. The third-order valence-corrected chi connectivity index (χ3v) is 10.6. The SMILES string of the molecule is O=C(NC1(c2ccc(Cl)cc2)CC1)c1ccc(-c2cnc3ccc(-c4cnn(C(c5ccccc5)(c5ccccc5)c5ccccc5)c4)cn23)cc1F. The number of benzene rings is 5. The van der Waals surface area contributed by atoms with Crippen LogP contribution in [0.15, 0.2) is 170 Å². The molecule has 258 valence electrons. The van der Waals surface area contributed by atoms with Gasteiger partial charge in [0, 0.05) is 34.1 Å². The molecule has 0 bridgehead atoms. The smallest absolute Gasteiger partial charge is 0.254 e. The lowest BCUT2D eigenvalue weighted by Crippen LogP contribution is -2.38. The second-order valence-corrected chi connectivity index (χ2v) is 13.9. The lowest BCUT2D eigenvalue weighted by Gasteiger charge is -2.36. The van der Waals surface area contributed by atoms with Crippen molar-refractivity contribution in [1.82, 2.24) is 24.5 Å². The van der Waals surface area contributed by atoms with Gasteiger partial charge in [-0.2, -0.15) is 5.10 Å². The van der Waals surface area contributed by atoms with Crippen LogP contribution in [0, 0.1) is 5.82 Å². The van der Waals surface area contributed by atoms with E-state index < -0.39 is 22.8 Å². The molecule has 1 amide bonds. The van der Waals surface area contributed by atoms with E-state index in [1.54, 1.807) is 30.5 Å². The minimum atomic E-state index is -0.744. The van der Waals surface area contributed by atoms with Crippen molar-refractivity contribution in [3.63, 3.8) is 0 Å². The van der Waals surface area contributed by atoms with E-state index in [0.29, 0.717) is 21.9 Å². The molecule has 1 saturated carbocycles. The van der Waals surface area contributed by atoms with E-state index in [2.05, 4.69) is 89.3 Å². The molecule has 5 aromatic carbocycles. The van der Waals surface area contributed by atoms with Crippen molar-refractivity contribution in [3.8, 4) is 22.4 Å². The minimum Gasteiger partial charge on any atom is -0.342 e. The molecule has 8 heteroatoms. The Bertz CT molecular complexity index is 2480. The average Bonchev–Trinajstić information content (AvgIpc) is 3.59. The van der Waals surface area contributed by atoms with Gasteiger partial charge in [0.15, 0.2) is 0 Å². The normalized spacial score (nSPS) is 13.5. The van der Waals surface area contributed by atoms with E-state index in [0.717, 1.165) is 46.2 Å². The highest BCUT2D eigenvalue weighted by Crippen LogP contribution is 2.46. The van der Waals surface area contributed by atoms with Crippen molar-refractivity contribution >= 4 is 23.2 Å². The van der Waals surface area contributed by atoms with Gasteiger partial charge >= 0.3 is 0 Å². The Morgan fingerprint density at radius 1 is 0.698 bits per heavy atom. The number of amides is 1. The lowest BCUT2D eigenvalue weighted by molar-refractivity contribution is 0.0926. The average molecular weight is 714 g/mol. The summed E-state index contributed by atoms with van der Waals surface area (Å²) in [4.78, 5) is 17.9. The van der Waals surface area contributed by atoms with Crippen LogP contribution in [0.5, 0.6) is 0 Å². The lowest BCUT2D eigenvalue weighted by atomic mass is 9.77. The van der Waals surface area contributed by atoms with Crippen LogP contribution in [-0.4, -0.2) is 25.1 Å². The third kappa shape index (κ3) is 5.70. The summed E-state index contributed by atoms with van der Waals surface area (Å²) in [6, 6.07) is 47.4. The summed E-state index contributed by atoms with van der Waals surface area (Å²) in [7, 11) is 0. The number of aromatic nitrogens is 4. The topological polar surface area (TPSA) is 64.2 Å². The van der Waals surface area contributed by atoms with Crippen molar-refractivity contribution in [3.05, 3.63) is 209 Å². The van der Waals surface area contributed by atoms with Crippen LogP contribution in [0.2, 0.25) is 5.02 Å². The second-order valence-electron chi connectivity index (χ2n) is 13.5. The third-order valence-electron chi connectivity index (χ3n) is 10.3. The van der Waals surface area contributed by atoms with Gasteiger partial charge in [-0.25, -0.2) is 9.37 Å². The van der Waals surface area contributed by atoms with Gasteiger partial charge in [-0.05, 0) is 71.5 Å². The molecule has 0 radical (unpaired) electrons. The van der Waals surface area contributed by atoms with E-state index in [4.69, 9.17) is 16.7 Å². The zero-order valence-corrected chi connectivity index (χ0v) is 29.3. The number of fused-ring (bicyclic) bond motifs is 1. The molecule has 1 N–H and O–H groups in total. The molecule has 1 fully saturated rings. The fraction of sp³-hybridized carbons (Fsp3) is 0.0889. The number of nitrogens with zero attached hydrogens (tertiary/aromatic N) is 4. The van der Waals surface area contributed by atoms with E-state index in [1.807, 2.05) is 63.9 Å². The van der Waals surface area contributed by atoms with Crippen LogP contribution in [-0.2, 0) is 11.1 Å². The number of rotatable bonds is 9. The molecule has 3 heterocycles. The second kappa shape index (κ2) is 13.0. The zero-order valence-electron chi connectivity index (χ0n) is 28.5. The van der Waals surface area contributed by atoms with E-state index in [1.165, 1.54) is 6.07 Å². The molecule has 53 heavy (non-hydrogen) atoms. The molecule has 9 rings (SSSR count). The van der Waals surface area contributed by atoms with Gasteiger partial charge in [-0.1, -0.05) is 121 Å². The Labute approximate surface area is 311 Å². The number of hydrogen-bond donors (Lipinski definition) is 1. The maximum atomic E-state index is 15.7. The number of carbonyl (C=O) groups is 1. The van der Waals surface area contributed by atoms with Crippen molar-refractivity contribution in [2.45, 2.75) is 23.9 Å². The van der Waals surface area contributed by atoms with Crippen molar-refractivity contribution in [1.29, 1.82) is 0 Å². The largest absolute Gasteiger partial charge is 0.342 e.